The number of hydrogen-bond donors (Lipinski definition) is 0. The first-order chi connectivity index (χ1) is 11.5. The van der Waals surface area contributed by atoms with Crippen LogP contribution in [0.5, 0.6) is 0 Å². The van der Waals surface area contributed by atoms with Crippen LogP contribution in [-0.2, 0) is 0 Å². The number of nitriles is 5. The summed E-state index contributed by atoms with van der Waals surface area (Å²) in [5, 5.41) is 46.5. The van der Waals surface area contributed by atoms with Gasteiger partial charge < -0.3 is 0 Å². The molecule has 0 spiro atoms. The third-order valence-electron chi connectivity index (χ3n) is 3.56. The number of hydrogen-bond acceptors (Lipinski definition) is 7. The van der Waals surface area contributed by atoms with Gasteiger partial charge in [-0.1, -0.05) is 0 Å². The number of pyridine rings is 2. The lowest BCUT2D eigenvalue weighted by atomic mass is 9.88. The zero-order valence-corrected chi connectivity index (χ0v) is 12.7. The molecule has 0 aliphatic carbocycles. The molecular weight excluding hydrogens is 302 g/mol. The lowest BCUT2D eigenvalue weighted by molar-refractivity contribution is 1.15. The van der Waals surface area contributed by atoms with Gasteiger partial charge in [-0.25, -0.2) is 9.97 Å². The number of rotatable bonds is 1. The van der Waals surface area contributed by atoms with Crippen LogP contribution < -0.4 is 0 Å². The molecule has 0 aliphatic rings. The third-order valence-corrected chi connectivity index (χ3v) is 3.56. The van der Waals surface area contributed by atoms with Crippen LogP contribution in [0.15, 0.2) is 6.20 Å². The Hall–Kier alpha value is -4.25. The number of nitrogens with zero attached hydrogens (tertiary/aromatic N) is 7. The van der Waals surface area contributed by atoms with Crippen molar-refractivity contribution in [1.29, 1.82) is 26.3 Å². The van der Waals surface area contributed by atoms with Gasteiger partial charge in [0, 0.05) is 17.3 Å². The summed E-state index contributed by atoms with van der Waals surface area (Å²) in [6.45, 7) is 3.18. The van der Waals surface area contributed by atoms with Gasteiger partial charge in [-0.2, -0.15) is 26.3 Å². The number of aromatic nitrogens is 2. The van der Waals surface area contributed by atoms with E-state index in [0.717, 1.165) is 0 Å². The SMILES string of the molecule is Cc1c(C#N)ncc(C#N)c1-c1c(C)c(C#N)nc(C#N)c1C#N. The Morgan fingerprint density at radius 2 is 1.29 bits per heavy atom. The second-order valence-electron chi connectivity index (χ2n) is 4.76. The Morgan fingerprint density at radius 3 is 1.79 bits per heavy atom. The van der Waals surface area contributed by atoms with Crippen molar-refractivity contribution < 1.29 is 0 Å². The van der Waals surface area contributed by atoms with Gasteiger partial charge in [-0.3, -0.25) is 0 Å². The van der Waals surface area contributed by atoms with E-state index in [9.17, 15) is 26.3 Å². The normalized spacial score (nSPS) is 9.04. The van der Waals surface area contributed by atoms with Crippen LogP contribution in [0.4, 0.5) is 0 Å². The first-order valence-corrected chi connectivity index (χ1v) is 6.59. The van der Waals surface area contributed by atoms with Crippen molar-refractivity contribution in [2.24, 2.45) is 0 Å². The summed E-state index contributed by atoms with van der Waals surface area (Å²) in [4.78, 5) is 7.80. The van der Waals surface area contributed by atoms with Gasteiger partial charge in [0.05, 0.1) is 11.1 Å². The van der Waals surface area contributed by atoms with E-state index in [1.165, 1.54) is 6.20 Å². The third kappa shape index (κ3) is 2.28. The molecule has 2 heterocycles. The molecular formula is C17H7N7. The molecule has 0 saturated heterocycles. The Morgan fingerprint density at radius 1 is 0.708 bits per heavy atom. The van der Waals surface area contributed by atoms with Gasteiger partial charge in [0.25, 0.3) is 0 Å². The van der Waals surface area contributed by atoms with Crippen LogP contribution in [-0.4, -0.2) is 9.97 Å². The Bertz CT molecular complexity index is 1080. The highest BCUT2D eigenvalue weighted by molar-refractivity contribution is 5.83. The van der Waals surface area contributed by atoms with Gasteiger partial charge in [0.1, 0.15) is 41.7 Å². The maximum atomic E-state index is 9.47. The summed E-state index contributed by atoms with van der Waals surface area (Å²) in [6.07, 6.45) is 1.24. The van der Waals surface area contributed by atoms with Gasteiger partial charge in [0.15, 0.2) is 5.69 Å². The first-order valence-electron chi connectivity index (χ1n) is 6.59. The minimum absolute atomic E-state index is 0.0147. The quantitative estimate of drug-likeness (QED) is 0.784. The van der Waals surface area contributed by atoms with E-state index in [-0.39, 0.29) is 33.8 Å². The van der Waals surface area contributed by atoms with Crippen molar-refractivity contribution in [3.63, 3.8) is 0 Å². The molecule has 0 fully saturated rings. The molecule has 0 aromatic carbocycles. The molecule has 0 amide bonds. The van der Waals surface area contributed by atoms with E-state index in [0.29, 0.717) is 16.7 Å². The van der Waals surface area contributed by atoms with E-state index in [4.69, 9.17) is 0 Å². The first kappa shape index (κ1) is 16.1. The standard InChI is InChI=1S/C17H7N7/c1-9-13(5-20)23-8-11(3-18)16(9)17-10(2)14(6-21)24-15(7-22)12(17)4-19/h8H,1-2H3. The molecule has 0 atom stereocenters. The predicted molar refractivity (Wildman–Crippen MR) is 80.5 cm³/mol. The highest BCUT2D eigenvalue weighted by Crippen LogP contribution is 2.35. The van der Waals surface area contributed by atoms with Crippen molar-refractivity contribution in [1.82, 2.24) is 9.97 Å². The predicted octanol–water partition coefficient (Wildman–Crippen LogP) is 2.12. The molecule has 0 N–H and O–H groups in total. The molecule has 2 rings (SSSR count). The van der Waals surface area contributed by atoms with Crippen molar-refractivity contribution in [3.8, 4) is 41.5 Å². The smallest absolute Gasteiger partial charge is 0.160 e. The Kier molecular flexibility index (Phi) is 4.20. The van der Waals surface area contributed by atoms with Crippen LogP contribution in [0.1, 0.15) is 39.3 Å². The highest BCUT2D eigenvalue weighted by atomic mass is 14.7. The molecule has 110 valence electrons. The van der Waals surface area contributed by atoms with Gasteiger partial charge in [-0.15, -0.1) is 0 Å². The second kappa shape index (κ2) is 6.25. The highest BCUT2D eigenvalue weighted by Gasteiger charge is 2.23. The van der Waals surface area contributed by atoms with E-state index in [1.807, 2.05) is 24.3 Å². The average Bonchev–Trinajstić information content (AvgIpc) is 2.61. The van der Waals surface area contributed by atoms with E-state index in [2.05, 4.69) is 9.97 Å². The topological polar surface area (TPSA) is 145 Å². The molecule has 0 saturated carbocycles. The van der Waals surface area contributed by atoms with Crippen molar-refractivity contribution >= 4 is 0 Å². The molecule has 7 nitrogen and oxygen atoms in total. The summed E-state index contributed by atoms with van der Waals surface area (Å²) < 4.78 is 0. The summed E-state index contributed by atoms with van der Waals surface area (Å²) in [7, 11) is 0. The van der Waals surface area contributed by atoms with Crippen LogP contribution in [0.2, 0.25) is 0 Å². The largest absolute Gasteiger partial charge is 0.244 e. The van der Waals surface area contributed by atoms with Gasteiger partial charge in [-0.05, 0) is 25.0 Å². The minimum atomic E-state index is -0.201. The molecule has 0 aliphatic heterocycles. The maximum Gasteiger partial charge on any atom is 0.160 e. The van der Waals surface area contributed by atoms with Crippen molar-refractivity contribution in [3.05, 3.63) is 45.5 Å². The Balaban J connectivity index is 3.14. The summed E-state index contributed by atoms with van der Waals surface area (Å²) >= 11 is 0. The zero-order valence-electron chi connectivity index (χ0n) is 12.7. The van der Waals surface area contributed by atoms with Gasteiger partial charge in [0.2, 0.25) is 0 Å². The fourth-order valence-corrected chi connectivity index (χ4v) is 2.42. The van der Waals surface area contributed by atoms with Crippen LogP contribution >= 0.6 is 0 Å². The van der Waals surface area contributed by atoms with Crippen molar-refractivity contribution in [2.75, 3.05) is 0 Å². The lowest BCUT2D eigenvalue weighted by Crippen LogP contribution is -2.05. The van der Waals surface area contributed by atoms with E-state index >= 15 is 0 Å². The van der Waals surface area contributed by atoms with Gasteiger partial charge >= 0.3 is 0 Å². The van der Waals surface area contributed by atoms with Crippen LogP contribution in [0.25, 0.3) is 11.1 Å². The Labute approximate surface area is 137 Å². The monoisotopic (exact) mass is 309 g/mol. The van der Waals surface area contributed by atoms with E-state index < -0.39 is 0 Å². The van der Waals surface area contributed by atoms with Crippen LogP contribution in [0, 0.1) is 70.5 Å². The molecule has 0 radical (unpaired) electrons. The molecule has 2 aromatic heterocycles. The minimum Gasteiger partial charge on any atom is -0.244 e. The average molecular weight is 309 g/mol. The molecule has 24 heavy (non-hydrogen) atoms. The van der Waals surface area contributed by atoms with Crippen LogP contribution in [0.3, 0.4) is 0 Å². The maximum absolute atomic E-state index is 9.47. The molecule has 0 bridgehead atoms. The summed E-state index contributed by atoms with van der Waals surface area (Å²) in [5.74, 6) is 0. The fourth-order valence-electron chi connectivity index (χ4n) is 2.42. The zero-order chi connectivity index (χ0) is 17.9. The summed E-state index contributed by atoms with van der Waals surface area (Å²) in [5.41, 5.74) is 1.32. The van der Waals surface area contributed by atoms with Crippen molar-refractivity contribution in [2.45, 2.75) is 13.8 Å². The molecule has 7 heteroatoms. The van der Waals surface area contributed by atoms with E-state index in [1.54, 1.807) is 19.9 Å². The molecule has 0 unspecified atom stereocenters. The second-order valence-corrected chi connectivity index (χ2v) is 4.76. The lowest BCUT2D eigenvalue weighted by Gasteiger charge is -2.15. The fraction of sp³-hybridized carbons (Fsp3) is 0.118. The summed E-state index contributed by atoms with van der Waals surface area (Å²) in [6, 6.07) is 9.49. The molecule has 2 aromatic rings.